The summed E-state index contributed by atoms with van der Waals surface area (Å²) < 4.78 is 0. The molecule has 142 valence electrons. The molecule has 0 spiro atoms. The summed E-state index contributed by atoms with van der Waals surface area (Å²) in [6.45, 7) is 2.49. The predicted octanol–water partition coefficient (Wildman–Crippen LogP) is 4.76. The van der Waals surface area contributed by atoms with Gasteiger partial charge in [-0.2, -0.15) is 0 Å². The van der Waals surface area contributed by atoms with Gasteiger partial charge in [0.15, 0.2) is 5.17 Å². The second-order valence-electron chi connectivity index (χ2n) is 6.58. The second kappa shape index (κ2) is 7.81. The Kier molecular flexibility index (Phi) is 5.24. The van der Waals surface area contributed by atoms with Crippen LogP contribution < -0.4 is 5.56 Å². The number of nitrogens with zero attached hydrogens (tertiary/aromatic N) is 2. The molecule has 1 aliphatic rings. The van der Waals surface area contributed by atoms with Crippen LogP contribution in [0.15, 0.2) is 58.3 Å². The Balaban J connectivity index is 1.76. The number of amidine groups is 1. The van der Waals surface area contributed by atoms with Crippen LogP contribution in [0.25, 0.3) is 10.9 Å². The number of para-hydroxylation sites is 1. The standard InChI is InChI=1S/C21H18ClN3O2S/c1-13-7-8-14(11-17(13)22)23-21-25(9-4-10-28-21)20(27)16-12-19(26)24-18-6-3-2-5-15(16)18/h2-3,5-8,11-12H,4,9-10H2,1H3,(H,24,26). The van der Waals surface area contributed by atoms with Crippen LogP contribution in [-0.4, -0.2) is 33.3 Å². The number of nitrogens with one attached hydrogen (secondary N) is 1. The highest BCUT2D eigenvalue weighted by atomic mass is 35.5. The molecule has 0 radical (unpaired) electrons. The fraction of sp³-hybridized carbons (Fsp3) is 0.190. The predicted molar refractivity (Wildman–Crippen MR) is 116 cm³/mol. The van der Waals surface area contributed by atoms with Gasteiger partial charge in [0.1, 0.15) is 0 Å². The number of amides is 1. The van der Waals surface area contributed by atoms with E-state index in [9.17, 15) is 9.59 Å². The minimum atomic E-state index is -0.296. The molecule has 2 heterocycles. The first-order valence-electron chi connectivity index (χ1n) is 8.94. The molecular weight excluding hydrogens is 394 g/mol. The molecule has 0 aliphatic carbocycles. The summed E-state index contributed by atoms with van der Waals surface area (Å²) in [5.74, 6) is 0.671. The van der Waals surface area contributed by atoms with Crippen molar-refractivity contribution >= 4 is 51.0 Å². The van der Waals surface area contributed by atoms with Crippen LogP contribution in [0, 0.1) is 6.92 Å². The second-order valence-corrected chi connectivity index (χ2v) is 8.05. The van der Waals surface area contributed by atoms with Gasteiger partial charge in [-0.05, 0) is 37.1 Å². The third kappa shape index (κ3) is 3.70. The molecule has 1 aromatic heterocycles. The van der Waals surface area contributed by atoms with E-state index in [2.05, 4.69) is 9.98 Å². The molecule has 0 unspecified atom stereocenters. The van der Waals surface area contributed by atoms with E-state index in [0.29, 0.717) is 33.5 Å². The zero-order valence-electron chi connectivity index (χ0n) is 15.2. The lowest BCUT2D eigenvalue weighted by atomic mass is 10.1. The van der Waals surface area contributed by atoms with Gasteiger partial charge in [0.25, 0.3) is 5.91 Å². The van der Waals surface area contributed by atoms with Crippen molar-refractivity contribution in [2.75, 3.05) is 12.3 Å². The number of H-pyrrole nitrogens is 1. The van der Waals surface area contributed by atoms with Crippen molar-refractivity contribution in [3.8, 4) is 0 Å². The van der Waals surface area contributed by atoms with Gasteiger partial charge in [0.2, 0.25) is 5.56 Å². The van der Waals surface area contributed by atoms with E-state index < -0.39 is 0 Å². The average Bonchev–Trinajstić information content (AvgIpc) is 2.70. The number of carbonyl (C=O) groups excluding carboxylic acids is 1. The van der Waals surface area contributed by atoms with E-state index in [1.165, 1.54) is 17.8 Å². The number of pyridine rings is 1. The van der Waals surface area contributed by atoms with Crippen molar-refractivity contribution in [1.82, 2.24) is 9.88 Å². The molecule has 7 heteroatoms. The molecule has 4 rings (SSSR count). The maximum absolute atomic E-state index is 13.3. The average molecular weight is 412 g/mol. The quantitative estimate of drug-likeness (QED) is 0.661. The first-order chi connectivity index (χ1) is 13.5. The van der Waals surface area contributed by atoms with Gasteiger partial charge in [0, 0.05) is 34.3 Å². The fourth-order valence-electron chi connectivity index (χ4n) is 3.13. The van der Waals surface area contributed by atoms with Crippen LogP contribution in [0.1, 0.15) is 22.3 Å². The molecule has 2 aromatic carbocycles. The van der Waals surface area contributed by atoms with Crippen molar-refractivity contribution in [1.29, 1.82) is 0 Å². The fourth-order valence-corrected chi connectivity index (χ4v) is 4.26. The summed E-state index contributed by atoms with van der Waals surface area (Å²) in [7, 11) is 0. The third-order valence-corrected chi connectivity index (χ3v) is 6.06. The molecule has 0 bridgehead atoms. The first kappa shape index (κ1) is 18.8. The minimum absolute atomic E-state index is 0.216. The van der Waals surface area contributed by atoms with Gasteiger partial charge in [-0.25, -0.2) is 4.99 Å². The van der Waals surface area contributed by atoms with E-state index in [4.69, 9.17) is 11.6 Å². The lowest BCUT2D eigenvalue weighted by Crippen LogP contribution is -2.39. The lowest BCUT2D eigenvalue weighted by molar-refractivity contribution is 0.0851. The topological polar surface area (TPSA) is 65.5 Å². The lowest BCUT2D eigenvalue weighted by Gasteiger charge is -2.28. The number of carbonyl (C=O) groups is 1. The Morgan fingerprint density at radius 3 is 2.86 bits per heavy atom. The summed E-state index contributed by atoms with van der Waals surface area (Å²) in [6.07, 6.45) is 0.866. The molecule has 3 aromatic rings. The number of fused-ring (bicyclic) bond motifs is 1. The Morgan fingerprint density at radius 2 is 2.04 bits per heavy atom. The van der Waals surface area contributed by atoms with Crippen molar-refractivity contribution in [2.24, 2.45) is 4.99 Å². The highest BCUT2D eigenvalue weighted by Crippen LogP contribution is 2.28. The van der Waals surface area contributed by atoms with Gasteiger partial charge in [-0.15, -0.1) is 0 Å². The molecular formula is C21H18ClN3O2S. The molecule has 1 amide bonds. The SMILES string of the molecule is Cc1ccc(N=C2SCCCN2C(=O)c2cc(=O)[nH]c3ccccc23)cc1Cl. The van der Waals surface area contributed by atoms with E-state index in [-0.39, 0.29) is 11.5 Å². The highest BCUT2D eigenvalue weighted by molar-refractivity contribution is 8.13. The number of halogens is 1. The smallest absolute Gasteiger partial charge is 0.260 e. The number of aliphatic imine (C=N–C) groups is 1. The van der Waals surface area contributed by atoms with Crippen LogP contribution in [-0.2, 0) is 0 Å². The maximum Gasteiger partial charge on any atom is 0.260 e. The summed E-state index contributed by atoms with van der Waals surface area (Å²) >= 11 is 7.75. The maximum atomic E-state index is 13.3. The monoisotopic (exact) mass is 411 g/mol. The number of aromatic nitrogens is 1. The zero-order chi connectivity index (χ0) is 19.7. The molecule has 1 N–H and O–H groups in total. The van der Waals surface area contributed by atoms with Crippen LogP contribution in [0.3, 0.4) is 0 Å². The molecule has 0 atom stereocenters. The first-order valence-corrected chi connectivity index (χ1v) is 10.3. The van der Waals surface area contributed by atoms with E-state index in [1.807, 2.05) is 37.3 Å². The Labute approximate surface area is 171 Å². The van der Waals surface area contributed by atoms with Crippen molar-refractivity contribution in [2.45, 2.75) is 13.3 Å². The molecule has 1 saturated heterocycles. The van der Waals surface area contributed by atoms with Gasteiger partial charge >= 0.3 is 0 Å². The van der Waals surface area contributed by atoms with E-state index in [1.54, 1.807) is 17.0 Å². The summed E-state index contributed by atoms with van der Waals surface area (Å²) in [5.41, 5.74) is 2.41. The van der Waals surface area contributed by atoms with Gasteiger partial charge in [-0.3, -0.25) is 14.5 Å². The van der Waals surface area contributed by atoms with Gasteiger partial charge < -0.3 is 4.98 Å². The molecule has 5 nitrogen and oxygen atoms in total. The zero-order valence-corrected chi connectivity index (χ0v) is 16.8. The van der Waals surface area contributed by atoms with Crippen LogP contribution in [0.2, 0.25) is 5.02 Å². The van der Waals surface area contributed by atoms with Crippen molar-refractivity contribution in [3.63, 3.8) is 0 Å². The van der Waals surface area contributed by atoms with E-state index >= 15 is 0 Å². The number of benzene rings is 2. The van der Waals surface area contributed by atoms with Crippen LogP contribution in [0.5, 0.6) is 0 Å². The van der Waals surface area contributed by atoms with Crippen molar-refractivity contribution in [3.05, 3.63) is 75.0 Å². The molecule has 0 saturated carbocycles. The largest absolute Gasteiger partial charge is 0.322 e. The van der Waals surface area contributed by atoms with Gasteiger partial charge in [-0.1, -0.05) is 47.6 Å². The number of thioether (sulfide) groups is 1. The number of hydrogen-bond acceptors (Lipinski definition) is 4. The Morgan fingerprint density at radius 1 is 1.21 bits per heavy atom. The van der Waals surface area contributed by atoms with Crippen LogP contribution >= 0.6 is 23.4 Å². The highest BCUT2D eigenvalue weighted by Gasteiger charge is 2.26. The number of rotatable bonds is 2. The summed E-state index contributed by atoms with van der Waals surface area (Å²) in [4.78, 5) is 34.5. The Hall–Kier alpha value is -2.57. The summed E-state index contributed by atoms with van der Waals surface area (Å²) in [6, 6.07) is 14.3. The van der Waals surface area contributed by atoms with Crippen molar-refractivity contribution < 1.29 is 4.79 Å². The minimum Gasteiger partial charge on any atom is -0.322 e. The third-order valence-electron chi connectivity index (χ3n) is 4.59. The molecule has 28 heavy (non-hydrogen) atoms. The number of aryl methyl sites for hydroxylation is 1. The molecule has 1 fully saturated rings. The number of hydrogen-bond donors (Lipinski definition) is 1. The van der Waals surface area contributed by atoms with E-state index in [0.717, 1.165) is 23.1 Å². The molecule has 1 aliphatic heterocycles. The number of aromatic amines is 1. The normalized spacial score (nSPS) is 15.9. The summed E-state index contributed by atoms with van der Waals surface area (Å²) in [5, 5.41) is 1.99. The van der Waals surface area contributed by atoms with Gasteiger partial charge in [0.05, 0.1) is 11.3 Å². The van der Waals surface area contributed by atoms with Crippen LogP contribution in [0.4, 0.5) is 5.69 Å². The Bertz CT molecular complexity index is 1160.